The topological polar surface area (TPSA) is 83.9 Å². The molecule has 1 aromatic rings. The highest BCUT2D eigenvalue weighted by Crippen LogP contribution is 2.30. The van der Waals surface area contributed by atoms with Crippen LogP contribution in [-0.2, 0) is 22.9 Å². The van der Waals surface area contributed by atoms with Crippen LogP contribution < -0.4 is 5.14 Å². The van der Waals surface area contributed by atoms with Gasteiger partial charge in [-0.25, -0.2) is 13.6 Å². The molecule has 0 aromatic heterocycles. The van der Waals surface area contributed by atoms with E-state index in [1.807, 2.05) is 19.9 Å². The molecule has 4 nitrogen and oxygen atoms in total. The molecule has 116 valence electrons. The Hall–Kier alpha value is -1.38. The Kier molecular flexibility index (Phi) is 5.94. The minimum absolute atomic E-state index is 0.111. The Labute approximate surface area is 128 Å². The number of benzene rings is 1. The molecule has 0 amide bonds. The van der Waals surface area contributed by atoms with Gasteiger partial charge in [0.15, 0.2) is 0 Å². The summed E-state index contributed by atoms with van der Waals surface area (Å²) in [5.74, 6) is 0.549. The highest BCUT2D eigenvalue weighted by atomic mass is 32.2. The van der Waals surface area contributed by atoms with E-state index in [-0.39, 0.29) is 17.2 Å². The van der Waals surface area contributed by atoms with Crippen molar-refractivity contribution in [2.45, 2.75) is 57.8 Å². The summed E-state index contributed by atoms with van der Waals surface area (Å²) in [5, 5.41) is 14.3. The SMILES string of the molecule is CCC(C)c1cc(CC(C)C)c(CC#N)cc1S(N)(=O)=O. The second-order valence-electron chi connectivity index (χ2n) is 5.95. The molecule has 0 saturated heterocycles. The number of nitrogens with two attached hydrogens (primary N) is 1. The van der Waals surface area contributed by atoms with Gasteiger partial charge in [0, 0.05) is 0 Å². The van der Waals surface area contributed by atoms with Crippen LogP contribution in [0.1, 0.15) is 56.7 Å². The average molecular weight is 308 g/mol. The maximum Gasteiger partial charge on any atom is 0.238 e. The van der Waals surface area contributed by atoms with Gasteiger partial charge in [-0.05, 0) is 47.4 Å². The molecule has 21 heavy (non-hydrogen) atoms. The molecule has 0 spiro atoms. The summed E-state index contributed by atoms with van der Waals surface area (Å²) in [6.45, 7) is 8.22. The van der Waals surface area contributed by atoms with E-state index in [4.69, 9.17) is 10.4 Å². The van der Waals surface area contributed by atoms with Crippen LogP contribution in [0.4, 0.5) is 0 Å². The van der Waals surface area contributed by atoms with Crippen molar-refractivity contribution < 1.29 is 8.42 Å². The average Bonchev–Trinajstić information content (AvgIpc) is 2.37. The Morgan fingerprint density at radius 3 is 2.29 bits per heavy atom. The van der Waals surface area contributed by atoms with Gasteiger partial charge in [-0.2, -0.15) is 5.26 Å². The monoisotopic (exact) mass is 308 g/mol. The van der Waals surface area contributed by atoms with Crippen LogP contribution in [0, 0.1) is 17.2 Å². The normalized spacial score (nSPS) is 13.2. The Morgan fingerprint density at radius 2 is 1.86 bits per heavy atom. The number of primary sulfonamides is 1. The van der Waals surface area contributed by atoms with Gasteiger partial charge in [-0.1, -0.05) is 33.8 Å². The third-order valence-corrected chi connectivity index (χ3v) is 4.65. The molecule has 0 heterocycles. The second-order valence-corrected chi connectivity index (χ2v) is 7.48. The molecule has 1 unspecified atom stereocenters. The number of nitriles is 1. The van der Waals surface area contributed by atoms with Crippen molar-refractivity contribution in [3.63, 3.8) is 0 Å². The van der Waals surface area contributed by atoms with Crippen molar-refractivity contribution in [1.82, 2.24) is 0 Å². The Morgan fingerprint density at radius 1 is 1.24 bits per heavy atom. The molecule has 0 saturated carbocycles. The first-order chi connectivity index (χ1) is 9.70. The fourth-order valence-electron chi connectivity index (χ4n) is 2.42. The molecule has 0 aliphatic heterocycles. The number of rotatable bonds is 6. The summed E-state index contributed by atoms with van der Waals surface area (Å²) in [6.07, 6.45) is 1.86. The first-order valence-electron chi connectivity index (χ1n) is 7.26. The van der Waals surface area contributed by atoms with Crippen LogP contribution in [0.2, 0.25) is 0 Å². The fourth-order valence-corrected chi connectivity index (χ4v) is 3.31. The maximum atomic E-state index is 11.9. The van der Waals surface area contributed by atoms with Gasteiger partial charge < -0.3 is 0 Å². The van der Waals surface area contributed by atoms with E-state index in [1.54, 1.807) is 6.07 Å². The van der Waals surface area contributed by atoms with E-state index in [0.29, 0.717) is 5.92 Å². The van der Waals surface area contributed by atoms with Gasteiger partial charge in [0.1, 0.15) is 0 Å². The summed E-state index contributed by atoms with van der Waals surface area (Å²) < 4.78 is 23.7. The number of nitrogens with zero attached hydrogens (tertiary/aromatic N) is 1. The highest BCUT2D eigenvalue weighted by molar-refractivity contribution is 7.89. The van der Waals surface area contributed by atoms with Crippen LogP contribution in [0.25, 0.3) is 0 Å². The summed E-state index contributed by atoms with van der Waals surface area (Å²) >= 11 is 0. The van der Waals surface area contributed by atoms with E-state index >= 15 is 0 Å². The zero-order valence-corrected chi connectivity index (χ0v) is 14.0. The molecular formula is C16H24N2O2S. The van der Waals surface area contributed by atoms with Crippen molar-refractivity contribution in [3.05, 3.63) is 28.8 Å². The lowest BCUT2D eigenvalue weighted by Gasteiger charge is -2.19. The predicted molar refractivity (Wildman–Crippen MR) is 84.4 cm³/mol. The van der Waals surface area contributed by atoms with Crippen molar-refractivity contribution >= 4 is 10.0 Å². The summed E-state index contributed by atoms with van der Waals surface area (Å²) in [6, 6.07) is 5.63. The summed E-state index contributed by atoms with van der Waals surface area (Å²) in [5.41, 5.74) is 2.58. The number of hydrogen-bond donors (Lipinski definition) is 1. The van der Waals surface area contributed by atoms with Gasteiger partial charge in [-0.3, -0.25) is 0 Å². The maximum absolute atomic E-state index is 11.9. The Balaban J connectivity index is 3.58. The third-order valence-electron chi connectivity index (χ3n) is 3.68. The van der Waals surface area contributed by atoms with Crippen LogP contribution in [0.15, 0.2) is 17.0 Å². The molecule has 0 aliphatic rings. The van der Waals surface area contributed by atoms with E-state index < -0.39 is 10.0 Å². The molecule has 0 aliphatic carbocycles. The lowest BCUT2D eigenvalue weighted by molar-refractivity contribution is 0.593. The van der Waals surface area contributed by atoms with Crippen LogP contribution in [-0.4, -0.2) is 8.42 Å². The zero-order valence-electron chi connectivity index (χ0n) is 13.2. The van der Waals surface area contributed by atoms with Gasteiger partial charge in [0.2, 0.25) is 10.0 Å². The fraction of sp³-hybridized carbons (Fsp3) is 0.562. The van der Waals surface area contributed by atoms with E-state index in [1.165, 1.54) is 0 Å². The first-order valence-corrected chi connectivity index (χ1v) is 8.80. The quantitative estimate of drug-likeness (QED) is 0.876. The summed E-state index contributed by atoms with van der Waals surface area (Å²) in [7, 11) is -3.78. The predicted octanol–water partition coefficient (Wildman–Crippen LogP) is 3.11. The summed E-state index contributed by atoms with van der Waals surface area (Å²) in [4.78, 5) is 0.162. The largest absolute Gasteiger partial charge is 0.238 e. The molecule has 0 bridgehead atoms. The minimum atomic E-state index is -3.78. The minimum Gasteiger partial charge on any atom is -0.225 e. The van der Waals surface area contributed by atoms with Crippen molar-refractivity contribution in [2.75, 3.05) is 0 Å². The third kappa shape index (κ3) is 4.55. The molecule has 1 rings (SSSR count). The van der Waals surface area contributed by atoms with Gasteiger partial charge in [0.25, 0.3) is 0 Å². The standard InChI is InChI=1S/C16H24N2O2S/c1-5-12(4)15-9-14(8-11(2)3)13(6-7-17)10-16(15)21(18,19)20/h9-12H,5-6,8H2,1-4H3,(H2,18,19,20). The molecule has 0 radical (unpaired) electrons. The molecule has 0 fully saturated rings. The number of hydrogen-bond acceptors (Lipinski definition) is 3. The van der Waals surface area contributed by atoms with E-state index in [0.717, 1.165) is 29.5 Å². The first kappa shape index (κ1) is 17.7. The Bertz CT molecular complexity index is 643. The smallest absolute Gasteiger partial charge is 0.225 e. The second kappa shape index (κ2) is 7.06. The van der Waals surface area contributed by atoms with Crippen molar-refractivity contribution in [3.8, 4) is 6.07 Å². The van der Waals surface area contributed by atoms with Crippen LogP contribution >= 0.6 is 0 Å². The van der Waals surface area contributed by atoms with Gasteiger partial charge in [-0.15, -0.1) is 0 Å². The van der Waals surface area contributed by atoms with E-state index in [2.05, 4.69) is 19.9 Å². The molecule has 1 atom stereocenters. The molecule has 1 aromatic carbocycles. The van der Waals surface area contributed by atoms with Crippen molar-refractivity contribution in [1.29, 1.82) is 5.26 Å². The van der Waals surface area contributed by atoms with Crippen molar-refractivity contribution in [2.24, 2.45) is 11.1 Å². The number of sulfonamides is 1. The zero-order chi connectivity index (χ0) is 16.2. The van der Waals surface area contributed by atoms with Crippen LogP contribution in [0.3, 0.4) is 0 Å². The van der Waals surface area contributed by atoms with Gasteiger partial charge in [0.05, 0.1) is 17.4 Å². The molecule has 2 N–H and O–H groups in total. The lowest BCUT2D eigenvalue weighted by atomic mass is 9.90. The van der Waals surface area contributed by atoms with Gasteiger partial charge >= 0.3 is 0 Å². The molecule has 5 heteroatoms. The highest BCUT2D eigenvalue weighted by Gasteiger charge is 2.21. The van der Waals surface area contributed by atoms with Crippen LogP contribution in [0.5, 0.6) is 0 Å². The lowest BCUT2D eigenvalue weighted by Crippen LogP contribution is -2.17. The van der Waals surface area contributed by atoms with E-state index in [9.17, 15) is 8.42 Å². The molecular weight excluding hydrogens is 284 g/mol.